The van der Waals surface area contributed by atoms with Crippen molar-refractivity contribution >= 4 is 77.6 Å². The maximum atomic E-state index is 13.6. The molecule has 3 spiro atoms. The van der Waals surface area contributed by atoms with Crippen LogP contribution in [0.5, 0.6) is 0 Å². The number of carbonyl (C=O) groups excluding carboxylic acids is 13. The van der Waals surface area contributed by atoms with Gasteiger partial charge in [-0.1, -0.05) is 20.8 Å². The number of carbonyl (C=O) groups is 13. The molecular weight excluding hydrogens is 2020 g/mol. The van der Waals surface area contributed by atoms with E-state index in [9.17, 15) is 111 Å². The first-order chi connectivity index (χ1) is 70.3. The van der Waals surface area contributed by atoms with E-state index in [4.69, 9.17) is 114 Å². The monoisotopic (exact) mass is 2150 g/mol. The summed E-state index contributed by atoms with van der Waals surface area (Å²) in [7, 11) is 0. The molecule has 18 saturated carbocycles. The Hall–Kier alpha value is -8.07. The molecule has 0 amide bonds. The van der Waals surface area contributed by atoms with E-state index in [0.717, 1.165) is 89.9 Å². The van der Waals surface area contributed by atoms with Crippen LogP contribution in [-0.2, 0) is 176 Å². The van der Waals surface area contributed by atoms with E-state index in [2.05, 4.69) is 0 Å². The SMILES string of the molecule is CC(=O)OC1C(=O)OC2C3OC4(OC3OC12)C1CC2CC4CC(OC(=O)C(C)(F)F)(C2)C1.CC(C)C1(OC(=O)C2C3CC4C(OC(=O)C42)C3OC(=O)C(C)(F)F)CCCC1.CC(F)(F)C(=O)OC12CC3CC(C1)C1(OC4OC5C(O)C(=O)OC5C4O1)C(C3)C2.CCC1(OC(=O)C2C3CC4C(OC(=O)C42)C3OC(=O)C(C)(F)F)CCCC1.CCOC(C)OC1C(=O)OC2C3OC4(OC3OC12)C1CC2CC4CC(OC(=O)C(C)(F)F)(C2)C1. The Balaban J connectivity index is 0.000000106. The summed E-state index contributed by atoms with van der Waals surface area (Å²) < 4.78 is 271. The standard InChI is InChI=1S/C23H30F2O9.C21H24F2O9.C20H26F2O6.C19H22F2O8.C19H24F2O6/c1-4-28-10(2)29-16-14-15(30-18(16)26)17-19(31-14)33-23(32-17)12-5-11-6-13(23)9-22(7-11,8-12)34-20(27)21(3,24)25;1-8(24)27-14-12-13(28-16(14)25)15-17(29-12)31-21(30-15)10-3-9-4-11(21)7-20(5-9,6-10)32-18(26)19(2,22)23;1-9(2)20(6-4-5-7-20)28-17(24)13-11-8-10-12(13)16(23)26-14(10)15(11)27-18(25)19(3,21)22;1-17(20,21)16(24)29-18-4-7-2-8(5-18)19(9(3-7)6-18)27-13-12-11(26-15(13)28-19)10(22)14(23)25-12;1-3-19(6-4-5-7-19)27-16(23)12-10-8-9-11(12)15(22)25-13(9)14(10)26-17(24)18(2,20)21/h10-17,19H,4-9H2,1-3H3;9-15,17H,3-7H2,1-2H3;9-15H,4-8H2,1-3H3;7-13,15,22H,2-6H2,1H3;9-14H,3-8H2,1-2H3. The summed E-state index contributed by atoms with van der Waals surface area (Å²) in [5.74, 6) is -37.7. The maximum absolute atomic E-state index is 13.6. The molecule has 832 valence electrons. The zero-order valence-corrected chi connectivity index (χ0v) is 84.4. The van der Waals surface area contributed by atoms with Crippen molar-refractivity contribution in [1.82, 2.24) is 0 Å². The zero-order valence-electron chi connectivity index (χ0n) is 84.4. The van der Waals surface area contributed by atoms with Gasteiger partial charge in [0.15, 0.2) is 91.4 Å². The van der Waals surface area contributed by atoms with Crippen LogP contribution in [0.1, 0.15) is 243 Å². The quantitative estimate of drug-likeness (QED) is 0.0483. The molecule has 0 radical (unpaired) electrons. The Morgan fingerprint density at radius 1 is 0.373 bits per heavy atom. The number of rotatable bonds is 21. The second-order valence-corrected chi connectivity index (χ2v) is 47.9. The molecule has 29 fully saturated rings. The van der Waals surface area contributed by atoms with Gasteiger partial charge < -0.3 is 119 Å². The summed E-state index contributed by atoms with van der Waals surface area (Å²) in [5, 5.41) is 9.89. The molecule has 34 atom stereocenters. The fourth-order valence-corrected chi connectivity index (χ4v) is 32.1. The Morgan fingerprint density at radius 2 is 0.707 bits per heavy atom. The van der Waals surface area contributed by atoms with Crippen LogP contribution in [0.3, 0.4) is 0 Å². The van der Waals surface area contributed by atoms with Gasteiger partial charge in [0.1, 0.15) is 70.7 Å². The van der Waals surface area contributed by atoms with Crippen molar-refractivity contribution in [1.29, 1.82) is 0 Å². The van der Waals surface area contributed by atoms with E-state index in [1.54, 1.807) is 6.92 Å². The molecule has 11 saturated heterocycles. The average Bonchev–Trinajstić information content (AvgIpc) is 1.51. The van der Waals surface area contributed by atoms with Gasteiger partial charge in [-0.15, -0.1) is 0 Å². The summed E-state index contributed by atoms with van der Waals surface area (Å²) in [5.41, 5.74) is -3.83. The lowest BCUT2D eigenvalue weighted by Crippen LogP contribution is -2.66. The van der Waals surface area contributed by atoms with E-state index in [1.807, 2.05) is 27.7 Å². The second-order valence-electron chi connectivity index (χ2n) is 47.9. The molecular formula is C102H126F10O38. The number of fused-ring (bicyclic) bond motifs is 11. The van der Waals surface area contributed by atoms with Crippen LogP contribution in [0.15, 0.2) is 0 Å². The van der Waals surface area contributed by atoms with Gasteiger partial charge in [-0.2, -0.15) is 43.9 Å². The molecule has 11 aliphatic heterocycles. The average molecular weight is 2150 g/mol. The Labute approximate surface area is 853 Å². The van der Waals surface area contributed by atoms with Crippen molar-refractivity contribution < 1.29 is 225 Å². The third-order valence-corrected chi connectivity index (χ3v) is 37.8. The smallest absolute Gasteiger partial charge is 0.377 e. The predicted octanol–water partition coefficient (Wildman–Crippen LogP) is 10.1. The first kappa shape index (κ1) is 106. The first-order valence-corrected chi connectivity index (χ1v) is 53.0. The van der Waals surface area contributed by atoms with Gasteiger partial charge in [-0.25, -0.2) is 38.4 Å². The van der Waals surface area contributed by atoms with E-state index < -0.39 is 311 Å². The predicted molar refractivity (Wildman–Crippen MR) is 466 cm³/mol. The van der Waals surface area contributed by atoms with E-state index in [-0.39, 0.29) is 71.0 Å². The minimum absolute atomic E-state index is 0.133. The molecule has 0 aromatic rings. The van der Waals surface area contributed by atoms with Gasteiger partial charge in [-0.05, 0) is 204 Å². The largest absolute Gasteiger partial charge is 0.459 e. The molecule has 18 aliphatic carbocycles. The van der Waals surface area contributed by atoms with Crippen LogP contribution in [0.4, 0.5) is 43.9 Å². The van der Waals surface area contributed by atoms with Crippen LogP contribution >= 0.6 is 0 Å². The molecule has 1 N–H and O–H groups in total. The number of ether oxygens (including phenoxy) is 24. The van der Waals surface area contributed by atoms with Crippen LogP contribution in [0.2, 0.25) is 0 Å². The first-order valence-electron chi connectivity index (χ1n) is 53.0. The Morgan fingerprint density at radius 3 is 1.06 bits per heavy atom. The molecule has 34 unspecified atom stereocenters. The van der Waals surface area contributed by atoms with E-state index in [1.165, 1.54) is 6.92 Å². The second kappa shape index (κ2) is 36.8. The molecule has 48 heteroatoms. The van der Waals surface area contributed by atoms with Crippen molar-refractivity contribution in [3.05, 3.63) is 0 Å². The molecule has 29 rings (SSSR count). The van der Waals surface area contributed by atoms with Gasteiger partial charge in [-0.3, -0.25) is 24.0 Å². The highest BCUT2D eigenvalue weighted by molar-refractivity contribution is 5.89. The topological polar surface area (TPSA) is 464 Å². The maximum Gasteiger partial charge on any atom is 0.377 e. The van der Waals surface area contributed by atoms with Crippen molar-refractivity contribution in [2.45, 2.75) is 441 Å². The van der Waals surface area contributed by atoms with Gasteiger partial charge in [0.2, 0.25) is 6.10 Å². The summed E-state index contributed by atoms with van der Waals surface area (Å²) in [6.07, 6.45) is 1.05. The van der Waals surface area contributed by atoms with Gasteiger partial charge in [0.05, 0.1) is 23.7 Å². The van der Waals surface area contributed by atoms with Crippen molar-refractivity contribution in [3.63, 3.8) is 0 Å². The number of halogens is 10. The van der Waals surface area contributed by atoms with Crippen LogP contribution < -0.4 is 0 Å². The van der Waals surface area contributed by atoms with E-state index >= 15 is 0 Å². The molecule has 0 aromatic carbocycles. The molecule has 0 aromatic heterocycles. The van der Waals surface area contributed by atoms with Crippen molar-refractivity contribution in [3.8, 4) is 0 Å². The number of aliphatic hydroxyl groups is 1. The highest BCUT2D eigenvalue weighted by atomic mass is 19.3. The molecule has 11 heterocycles. The fraction of sp³-hybridized carbons (Fsp3) is 0.873. The number of aliphatic hydroxyl groups excluding tert-OH is 1. The highest BCUT2D eigenvalue weighted by Gasteiger charge is 2.81. The van der Waals surface area contributed by atoms with Gasteiger partial charge >= 0.3 is 107 Å². The van der Waals surface area contributed by atoms with Gasteiger partial charge in [0.25, 0.3) is 0 Å². The molecule has 29 aliphatic rings. The number of hydrogen-bond donors (Lipinski definition) is 1. The van der Waals surface area contributed by atoms with Crippen LogP contribution in [0, 0.1) is 107 Å². The summed E-state index contributed by atoms with van der Waals surface area (Å²) in [4.78, 5) is 158. The summed E-state index contributed by atoms with van der Waals surface area (Å²) in [6.45, 7) is 13.7. The number of esters is 13. The lowest BCUT2D eigenvalue weighted by Gasteiger charge is -2.62. The van der Waals surface area contributed by atoms with Gasteiger partial charge in [0, 0.05) is 107 Å². The zero-order chi connectivity index (χ0) is 107. The fourth-order valence-electron chi connectivity index (χ4n) is 32.1. The van der Waals surface area contributed by atoms with Crippen LogP contribution in [-0.4, -0.2) is 287 Å². The van der Waals surface area contributed by atoms with Crippen LogP contribution in [0.25, 0.3) is 0 Å². The Kier molecular flexibility index (Phi) is 26.0. The van der Waals surface area contributed by atoms with E-state index in [0.29, 0.717) is 118 Å². The molecule has 150 heavy (non-hydrogen) atoms. The van der Waals surface area contributed by atoms with Crippen molar-refractivity contribution in [2.24, 2.45) is 107 Å². The normalized spacial score (nSPS) is 46.5. The lowest BCUT2D eigenvalue weighted by atomic mass is 9.51. The third-order valence-electron chi connectivity index (χ3n) is 37.8. The minimum atomic E-state index is -3.65. The highest BCUT2D eigenvalue weighted by Crippen LogP contribution is 2.72. The third kappa shape index (κ3) is 17.6. The van der Waals surface area contributed by atoms with Crippen molar-refractivity contribution in [2.75, 3.05) is 6.61 Å². The number of alkyl halides is 10. The summed E-state index contributed by atoms with van der Waals surface area (Å²) in [6, 6.07) is 0. The molecule has 38 nitrogen and oxygen atoms in total. The summed E-state index contributed by atoms with van der Waals surface area (Å²) >= 11 is 0. The molecule has 16 bridgehead atoms. The minimum Gasteiger partial charge on any atom is -0.459 e. The number of hydrogen-bond acceptors (Lipinski definition) is 38. The lowest BCUT2D eigenvalue weighted by molar-refractivity contribution is -0.344. The Bertz CT molecular complexity index is 5340.